The van der Waals surface area contributed by atoms with Crippen LogP contribution in [0.25, 0.3) is 21.8 Å². The van der Waals surface area contributed by atoms with Gasteiger partial charge in [-0.3, -0.25) is 4.79 Å². The van der Waals surface area contributed by atoms with Crippen molar-refractivity contribution in [3.8, 4) is 0 Å². The number of fused-ring (bicyclic) bond motifs is 2. The van der Waals surface area contributed by atoms with Crippen molar-refractivity contribution in [2.45, 2.75) is 51.9 Å². The van der Waals surface area contributed by atoms with E-state index in [4.69, 9.17) is 0 Å². The van der Waals surface area contributed by atoms with Gasteiger partial charge in [-0.2, -0.15) is 0 Å². The molecule has 3 nitrogen and oxygen atoms in total. The summed E-state index contributed by atoms with van der Waals surface area (Å²) in [4.78, 5) is 19.5. The molecule has 150 valence electrons. The number of rotatable bonds is 9. The largest absolute Gasteiger partial charge is 0.358 e. The summed E-state index contributed by atoms with van der Waals surface area (Å²) in [7, 11) is 0. The highest BCUT2D eigenvalue weighted by atomic mass is 16.1. The predicted octanol–water partition coefficient (Wildman–Crippen LogP) is 7.22. The van der Waals surface area contributed by atoms with Crippen molar-refractivity contribution in [3.63, 3.8) is 0 Å². The standard InChI is InChI=1S/C26H30N2O/c1-18(24-16-20-12-6-8-14-22(20)27-24)10-4-3-5-11-19(2)26(29)25-17-21-13-7-9-15-23(21)28-25/h6-9,12-19,27-28H,3-5,10-11H2,1-2H3. The fourth-order valence-electron chi connectivity index (χ4n) is 4.20. The number of aromatic nitrogens is 2. The van der Waals surface area contributed by atoms with Gasteiger partial charge in [-0.1, -0.05) is 69.5 Å². The van der Waals surface area contributed by atoms with Crippen molar-refractivity contribution in [2.75, 3.05) is 0 Å². The molecule has 0 saturated carbocycles. The highest BCUT2D eigenvalue weighted by Gasteiger charge is 2.17. The Balaban J connectivity index is 1.22. The van der Waals surface area contributed by atoms with Crippen LogP contribution in [0.3, 0.4) is 0 Å². The molecule has 0 saturated heterocycles. The van der Waals surface area contributed by atoms with E-state index in [0.717, 1.165) is 29.4 Å². The average molecular weight is 387 g/mol. The zero-order valence-corrected chi connectivity index (χ0v) is 17.4. The fourth-order valence-corrected chi connectivity index (χ4v) is 4.20. The van der Waals surface area contributed by atoms with Gasteiger partial charge < -0.3 is 9.97 Å². The van der Waals surface area contributed by atoms with Gasteiger partial charge >= 0.3 is 0 Å². The van der Waals surface area contributed by atoms with E-state index >= 15 is 0 Å². The lowest BCUT2D eigenvalue weighted by molar-refractivity contribution is 0.0918. The van der Waals surface area contributed by atoms with Crippen LogP contribution >= 0.6 is 0 Å². The summed E-state index contributed by atoms with van der Waals surface area (Å²) < 4.78 is 0. The molecular weight excluding hydrogens is 356 g/mol. The summed E-state index contributed by atoms with van der Waals surface area (Å²) in [5, 5.41) is 2.40. The quantitative estimate of drug-likeness (QED) is 0.231. The molecule has 2 aromatic carbocycles. The van der Waals surface area contributed by atoms with Gasteiger partial charge in [0.2, 0.25) is 0 Å². The first-order chi connectivity index (χ1) is 14.1. The number of hydrogen-bond acceptors (Lipinski definition) is 1. The van der Waals surface area contributed by atoms with E-state index in [1.54, 1.807) is 0 Å². The van der Waals surface area contributed by atoms with Crippen molar-refractivity contribution >= 4 is 27.6 Å². The lowest BCUT2D eigenvalue weighted by Crippen LogP contribution is -2.11. The number of carbonyl (C=O) groups excluding carboxylic acids is 1. The van der Waals surface area contributed by atoms with E-state index in [1.165, 1.54) is 35.9 Å². The molecule has 2 atom stereocenters. The summed E-state index contributed by atoms with van der Waals surface area (Å²) in [5.41, 5.74) is 4.33. The molecule has 2 N–H and O–H groups in total. The number of benzene rings is 2. The molecule has 3 heteroatoms. The highest BCUT2D eigenvalue weighted by Crippen LogP contribution is 2.26. The topological polar surface area (TPSA) is 48.6 Å². The van der Waals surface area contributed by atoms with Crippen molar-refractivity contribution in [1.29, 1.82) is 0 Å². The zero-order valence-electron chi connectivity index (χ0n) is 17.4. The third-order valence-electron chi connectivity index (χ3n) is 6.10. The van der Waals surface area contributed by atoms with Gasteiger partial charge in [0, 0.05) is 28.0 Å². The summed E-state index contributed by atoms with van der Waals surface area (Å²) >= 11 is 0. The summed E-state index contributed by atoms with van der Waals surface area (Å²) in [6.07, 6.45) is 5.61. The number of unbranched alkanes of at least 4 members (excludes halogenated alkanes) is 2. The van der Waals surface area contributed by atoms with Crippen LogP contribution in [0.1, 0.15) is 68.1 Å². The first kappa shape index (κ1) is 19.5. The van der Waals surface area contributed by atoms with Crippen molar-refractivity contribution < 1.29 is 4.79 Å². The van der Waals surface area contributed by atoms with Gasteiger partial charge in [0.15, 0.2) is 5.78 Å². The molecule has 0 fully saturated rings. The Morgan fingerprint density at radius 1 is 0.793 bits per heavy atom. The van der Waals surface area contributed by atoms with Crippen LogP contribution in [0.5, 0.6) is 0 Å². The molecule has 2 aromatic heterocycles. The van der Waals surface area contributed by atoms with E-state index in [0.29, 0.717) is 5.92 Å². The zero-order chi connectivity index (χ0) is 20.2. The van der Waals surface area contributed by atoms with Crippen LogP contribution in [-0.2, 0) is 0 Å². The van der Waals surface area contributed by atoms with E-state index in [9.17, 15) is 4.79 Å². The molecule has 0 aliphatic rings. The van der Waals surface area contributed by atoms with Crippen LogP contribution in [0.4, 0.5) is 0 Å². The van der Waals surface area contributed by atoms with E-state index in [1.807, 2.05) is 30.3 Å². The number of Topliss-reactive ketones (excluding diaryl/α,β-unsaturated/α-hetero) is 1. The Morgan fingerprint density at radius 3 is 2.10 bits per heavy atom. The van der Waals surface area contributed by atoms with Gasteiger partial charge in [-0.25, -0.2) is 0 Å². The monoisotopic (exact) mass is 386 g/mol. The summed E-state index contributed by atoms with van der Waals surface area (Å²) in [6.45, 7) is 4.35. The van der Waals surface area contributed by atoms with Gasteiger partial charge in [-0.15, -0.1) is 0 Å². The van der Waals surface area contributed by atoms with Crippen LogP contribution in [-0.4, -0.2) is 15.8 Å². The number of hydrogen-bond donors (Lipinski definition) is 2. The smallest absolute Gasteiger partial charge is 0.181 e. The first-order valence-electron chi connectivity index (χ1n) is 10.8. The molecular formula is C26H30N2O. The minimum atomic E-state index is 0.0641. The molecule has 0 radical (unpaired) electrons. The summed E-state index contributed by atoms with van der Waals surface area (Å²) in [5.74, 6) is 0.828. The van der Waals surface area contributed by atoms with Gasteiger partial charge in [0.05, 0.1) is 5.69 Å². The molecule has 0 amide bonds. The fraction of sp³-hybridized carbons (Fsp3) is 0.346. The number of nitrogens with one attached hydrogen (secondary N) is 2. The molecule has 4 rings (SSSR count). The Bertz CT molecular complexity index is 1040. The predicted molar refractivity (Wildman–Crippen MR) is 122 cm³/mol. The van der Waals surface area contributed by atoms with Gasteiger partial charge in [-0.05, 0) is 48.4 Å². The number of carbonyl (C=O) groups is 1. The summed E-state index contributed by atoms with van der Waals surface area (Å²) in [6, 6.07) is 20.8. The number of H-pyrrole nitrogens is 2. The molecule has 4 aromatic rings. The third-order valence-corrected chi connectivity index (χ3v) is 6.10. The van der Waals surface area contributed by atoms with Gasteiger partial charge in [0.25, 0.3) is 0 Å². The van der Waals surface area contributed by atoms with E-state index < -0.39 is 0 Å². The van der Waals surface area contributed by atoms with E-state index in [-0.39, 0.29) is 11.7 Å². The Labute approximate surface area is 172 Å². The number of ketones is 1. The maximum Gasteiger partial charge on any atom is 0.181 e. The highest BCUT2D eigenvalue weighted by molar-refractivity contribution is 6.00. The van der Waals surface area contributed by atoms with E-state index in [2.05, 4.69) is 54.1 Å². The van der Waals surface area contributed by atoms with Crippen molar-refractivity contribution in [2.24, 2.45) is 5.92 Å². The Hall–Kier alpha value is -2.81. The minimum Gasteiger partial charge on any atom is -0.358 e. The molecule has 0 bridgehead atoms. The van der Waals surface area contributed by atoms with Crippen LogP contribution < -0.4 is 0 Å². The Morgan fingerprint density at radius 2 is 1.41 bits per heavy atom. The Kier molecular flexibility index (Phi) is 5.84. The van der Waals surface area contributed by atoms with Crippen molar-refractivity contribution in [3.05, 3.63) is 72.1 Å². The molecule has 0 spiro atoms. The van der Waals surface area contributed by atoms with Crippen LogP contribution in [0.2, 0.25) is 0 Å². The normalized spacial score (nSPS) is 13.7. The third kappa shape index (κ3) is 4.45. The SMILES string of the molecule is CC(CCCCCC(C)c1cc2ccccc2[nH]1)C(=O)c1cc2ccccc2[nH]1. The van der Waals surface area contributed by atoms with Crippen LogP contribution in [0, 0.1) is 5.92 Å². The maximum absolute atomic E-state index is 12.7. The molecule has 2 unspecified atom stereocenters. The van der Waals surface area contributed by atoms with Gasteiger partial charge in [0.1, 0.15) is 0 Å². The molecule has 0 aliphatic carbocycles. The second-order valence-corrected chi connectivity index (χ2v) is 8.39. The lowest BCUT2D eigenvalue weighted by Gasteiger charge is -2.11. The van der Waals surface area contributed by atoms with Crippen molar-refractivity contribution in [1.82, 2.24) is 9.97 Å². The maximum atomic E-state index is 12.7. The lowest BCUT2D eigenvalue weighted by atomic mass is 9.94. The molecule has 0 aliphatic heterocycles. The molecule has 2 heterocycles. The number of aromatic amines is 2. The average Bonchev–Trinajstić information content (AvgIpc) is 3.36. The van der Waals surface area contributed by atoms with Crippen LogP contribution in [0.15, 0.2) is 60.7 Å². The second-order valence-electron chi connectivity index (χ2n) is 8.39. The second kappa shape index (κ2) is 8.69. The number of para-hydroxylation sites is 2. The molecule has 29 heavy (non-hydrogen) atoms. The minimum absolute atomic E-state index is 0.0641. The first-order valence-corrected chi connectivity index (χ1v) is 10.8.